The average molecular weight is 1150 g/mol. The normalized spacial score (nSPS) is 26.0. The minimum atomic E-state index is -0.286. The molecule has 4 aliphatic carbocycles. The van der Waals surface area contributed by atoms with E-state index in [1.54, 1.807) is 18.2 Å². The molecule has 2 amide bonds. The zero-order valence-electron chi connectivity index (χ0n) is 50.8. The topological polar surface area (TPSA) is 174 Å². The maximum absolute atomic E-state index is 14.2. The van der Waals surface area contributed by atoms with E-state index >= 15 is 0 Å². The second kappa shape index (κ2) is 25.6. The van der Waals surface area contributed by atoms with Crippen LogP contribution >= 0.6 is 0 Å². The predicted octanol–water partition coefficient (Wildman–Crippen LogP) is 7.86. The van der Waals surface area contributed by atoms with Gasteiger partial charge in [-0.2, -0.15) is 30.5 Å². The van der Waals surface area contributed by atoms with Crippen molar-refractivity contribution in [2.75, 3.05) is 103 Å². The number of nitriles is 2. The Bertz CT molecular complexity index is 3260. The third-order valence-electron chi connectivity index (χ3n) is 20.7. The number of hydrogen-bond acceptors (Lipinski definition) is 15. The van der Waals surface area contributed by atoms with E-state index in [9.17, 15) is 20.1 Å². The lowest BCUT2D eigenvalue weighted by Crippen LogP contribution is -2.55. The number of hydrogen-bond donors (Lipinski definition) is 0. The fourth-order valence-electron chi connectivity index (χ4n) is 16.1. The van der Waals surface area contributed by atoms with Gasteiger partial charge in [0.15, 0.2) is 0 Å². The molecule has 17 nitrogen and oxygen atoms in total. The number of allylic oxidation sites excluding steroid dienone is 1. The summed E-state index contributed by atoms with van der Waals surface area (Å²) in [4.78, 5) is 63.4. The SMILES string of the molecule is C/C=C/C(=O)N1CCN(c2nc(OCC3CCCN3C)nc3c2CCC2(CCCc4cc(CN(C)C/C=C/C(=O)N5CCN(c6nc(OCC7CCCN7C)nc7c6CCC6(CCCc8ccccc86)C7)C[C@@H]5CC#N)ccc42)C3)C[C@@H]1CC#N. The number of piperazine rings is 2. The summed E-state index contributed by atoms with van der Waals surface area (Å²) >= 11 is 0. The van der Waals surface area contributed by atoms with Crippen LogP contribution in [0.3, 0.4) is 0 Å². The molecule has 0 radical (unpaired) electrons. The summed E-state index contributed by atoms with van der Waals surface area (Å²) in [5.41, 5.74) is 11.5. The fraction of sp³-hybridized carbons (Fsp3) is 0.588. The molecule has 17 heteroatoms. The molecular weight excluding hydrogens is 1060 g/mol. The molecule has 448 valence electrons. The number of ether oxygens (including phenoxy) is 2. The monoisotopic (exact) mass is 1150 g/mol. The van der Waals surface area contributed by atoms with Crippen LogP contribution in [0.1, 0.15) is 134 Å². The van der Waals surface area contributed by atoms with Gasteiger partial charge in [0.05, 0.1) is 48.5 Å². The highest BCUT2D eigenvalue weighted by atomic mass is 16.5. The Morgan fingerprint density at radius 2 is 1.19 bits per heavy atom. The van der Waals surface area contributed by atoms with E-state index < -0.39 is 0 Å². The number of carbonyl (C=O) groups is 2. The Kier molecular flexibility index (Phi) is 17.6. The van der Waals surface area contributed by atoms with E-state index in [-0.39, 0.29) is 47.6 Å². The Morgan fingerprint density at radius 1 is 0.647 bits per heavy atom. The highest BCUT2D eigenvalue weighted by Crippen LogP contribution is 2.50. The Morgan fingerprint density at radius 3 is 1.73 bits per heavy atom. The van der Waals surface area contributed by atoms with Crippen molar-refractivity contribution in [3.8, 4) is 24.2 Å². The van der Waals surface area contributed by atoms with Crippen LogP contribution in [0.2, 0.25) is 0 Å². The number of nitrogens with zero attached hydrogens (tertiary/aromatic N) is 13. The summed E-state index contributed by atoms with van der Waals surface area (Å²) in [6.45, 7) is 9.72. The largest absolute Gasteiger partial charge is 0.462 e. The number of fused-ring (bicyclic) bond motifs is 6. The number of aromatic nitrogens is 4. The molecule has 2 aromatic heterocycles. The van der Waals surface area contributed by atoms with Crippen LogP contribution in [0.5, 0.6) is 12.0 Å². The number of anilines is 2. The molecule has 0 saturated carbocycles. The summed E-state index contributed by atoms with van der Waals surface area (Å²) in [5, 5.41) is 20.0. The van der Waals surface area contributed by atoms with Crippen LogP contribution in [0, 0.1) is 22.7 Å². The van der Waals surface area contributed by atoms with Gasteiger partial charge in [-0.1, -0.05) is 54.6 Å². The van der Waals surface area contributed by atoms with E-state index in [0.717, 1.165) is 133 Å². The predicted molar refractivity (Wildman–Crippen MR) is 329 cm³/mol. The van der Waals surface area contributed by atoms with Crippen molar-refractivity contribution < 1.29 is 19.1 Å². The van der Waals surface area contributed by atoms with Crippen molar-refractivity contribution >= 4 is 23.5 Å². The van der Waals surface area contributed by atoms with E-state index in [1.165, 1.54) is 51.8 Å². The molecule has 2 spiro atoms. The van der Waals surface area contributed by atoms with E-state index in [0.29, 0.717) is 83.1 Å². The van der Waals surface area contributed by atoms with Crippen LogP contribution in [0.25, 0.3) is 0 Å². The zero-order valence-corrected chi connectivity index (χ0v) is 50.8. The fourth-order valence-corrected chi connectivity index (χ4v) is 16.1. The second-order valence-electron chi connectivity index (χ2n) is 26.0. The van der Waals surface area contributed by atoms with Crippen LogP contribution in [0.4, 0.5) is 11.6 Å². The minimum absolute atomic E-state index is 0.0523. The van der Waals surface area contributed by atoms with Crippen molar-refractivity contribution in [2.24, 2.45) is 0 Å². The van der Waals surface area contributed by atoms with Crippen LogP contribution in [-0.2, 0) is 65.5 Å². The average Bonchev–Trinajstić information content (AvgIpc) is 2.92. The van der Waals surface area contributed by atoms with Crippen LogP contribution in [0.15, 0.2) is 66.8 Å². The van der Waals surface area contributed by atoms with Gasteiger partial charge in [-0.15, -0.1) is 0 Å². The van der Waals surface area contributed by atoms with E-state index in [2.05, 4.69) is 100 Å². The summed E-state index contributed by atoms with van der Waals surface area (Å²) < 4.78 is 13.0. The van der Waals surface area contributed by atoms with Gasteiger partial charge in [-0.25, -0.2) is 0 Å². The molecule has 4 fully saturated rings. The van der Waals surface area contributed by atoms with Gasteiger partial charge in [-0.05, 0) is 178 Å². The molecule has 8 aliphatic rings. The number of benzene rings is 2. The first-order valence-corrected chi connectivity index (χ1v) is 31.9. The molecular formula is C68H87N13O4. The molecule has 85 heavy (non-hydrogen) atoms. The van der Waals surface area contributed by atoms with E-state index in [1.807, 2.05) is 22.8 Å². The van der Waals surface area contributed by atoms with Crippen LogP contribution in [-0.4, -0.2) is 174 Å². The highest BCUT2D eigenvalue weighted by molar-refractivity contribution is 5.88. The summed E-state index contributed by atoms with van der Waals surface area (Å²) in [6.07, 6.45) is 24.2. The third-order valence-corrected chi connectivity index (χ3v) is 20.7. The number of aryl methyl sites for hydroxylation is 2. The molecule has 6 atom stereocenters. The van der Waals surface area contributed by atoms with Crippen molar-refractivity contribution in [1.82, 2.24) is 44.4 Å². The zero-order chi connectivity index (χ0) is 58.7. The molecule has 4 aliphatic heterocycles. The lowest BCUT2D eigenvalue weighted by molar-refractivity contribution is -0.129. The first-order chi connectivity index (χ1) is 41.4. The van der Waals surface area contributed by atoms with E-state index in [4.69, 9.17) is 29.4 Å². The Balaban J connectivity index is 0.709. The molecule has 4 unspecified atom stereocenters. The van der Waals surface area contributed by atoms with Gasteiger partial charge in [0.2, 0.25) is 11.8 Å². The summed E-state index contributed by atoms with van der Waals surface area (Å²) in [7, 11) is 6.44. The Hall–Kier alpha value is -6.92. The van der Waals surface area contributed by atoms with Gasteiger partial charge >= 0.3 is 12.0 Å². The van der Waals surface area contributed by atoms with Crippen molar-refractivity contribution in [3.05, 3.63) is 117 Å². The second-order valence-corrected chi connectivity index (χ2v) is 26.0. The van der Waals surface area contributed by atoms with Gasteiger partial charge in [0, 0.05) is 92.5 Å². The molecule has 4 aromatic rings. The number of amides is 2. The molecule has 2 aromatic carbocycles. The smallest absolute Gasteiger partial charge is 0.318 e. The van der Waals surface area contributed by atoms with Gasteiger partial charge in [0.25, 0.3) is 0 Å². The Labute approximate surface area is 503 Å². The number of carbonyl (C=O) groups excluding carboxylic acids is 2. The quantitative estimate of drug-likeness (QED) is 0.0991. The number of likely N-dealkylation sites (tertiary alicyclic amines) is 2. The summed E-state index contributed by atoms with van der Waals surface area (Å²) in [6, 6.07) is 21.9. The third kappa shape index (κ3) is 12.3. The standard InChI is InChI=1S/C68H87N13O4/c1-5-13-61(82)80-38-36-78(44-51(80)25-31-69)64-56-24-30-68(42-60(56)72-66(74-64)85-47-54-18-11-35-77(54)4)28-9-16-50-40-48(21-22-58(50)68)43-75(2)33-12-20-62(83)81-39-37-79(45-52(81)26-32-70)63-55-23-29-67(27-8-15-49-14-6-7-19-57(49)67)41-59(55)71-65(73-63)84-46-53-17-10-34-76(53)3/h5-7,12-14,19-22,40,51-54H,8-11,15-18,23-30,33-39,41-47H2,1-4H3/b13-5+,20-12+/t51-,52-,53?,54?,67?,68?/m0/s1. The lowest BCUT2D eigenvalue weighted by Gasteiger charge is -2.45. The van der Waals surface area contributed by atoms with Gasteiger partial charge < -0.3 is 38.9 Å². The lowest BCUT2D eigenvalue weighted by atomic mass is 9.62. The first-order valence-electron chi connectivity index (χ1n) is 31.9. The molecule has 6 heterocycles. The number of rotatable bonds is 16. The molecule has 12 rings (SSSR count). The maximum atomic E-state index is 14.2. The minimum Gasteiger partial charge on any atom is -0.462 e. The van der Waals surface area contributed by atoms with Crippen molar-refractivity contribution in [1.29, 1.82) is 10.5 Å². The first kappa shape index (κ1) is 58.5. The van der Waals surface area contributed by atoms with Gasteiger partial charge in [0.1, 0.15) is 24.8 Å². The van der Waals surface area contributed by atoms with Crippen molar-refractivity contribution in [2.45, 2.75) is 164 Å². The summed E-state index contributed by atoms with van der Waals surface area (Å²) in [5.74, 6) is 1.69. The van der Waals surface area contributed by atoms with Crippen molar-refractivity contribution in [3.63, 3.8) is 0 Å². The molecule has 0 bridgehead atoms. The van der Waals surface area contributed by atoms with Gasteiger partial charge in [-0.3, -0.25) is 14.5 Å². The molecule has 0 N–H and O–H groups in total. The maximum Gasteiger partial charge on any atom is 0.318 e. The highest BCUT2D eigenvalue weighted by Gasteiger charge is 2.45. The van der Waals surface area contributed by atoms with Crippen LogP contribution < -0.4 is 19.3 Å². The molecule has 4 saturated heterocycles. The number of likely N-dealkylation sites (N-methyl/N-ethyl adjacent to an activating group) is 3.